The number of hydrogen-bond acceptors (Lipinski definition) is 9. The Labute approximate surface area is 394 Å². The molecule has 5 amide bonds. The van der Waals surface area contributed by atoms with Crippen molar-refractivity contribution in [2.45, 2.75) is 73.8 Å². The van der Waals surface area contributed by atoms with Crippen LogP contribution in [0.4, 0.5) is 15.8 Å². The monoisotopic (exact) mass is 945 g/mol. The lowest BCUT2D eigenvalue weighted by Crippen LogP contribution is -2.60. The van der Waals surface area contributed by atoms with E-state index in [1.807, 2.05) is 36.4 Å². The van der Waals surface area contributed by atoms with Crippen molar-refractivity contribution < 1.29 is 42.3 Å². The quantitative estimate of drug-likeness (QED) is 0.0594. The molecule has 4 heterocycles. The highest BCUT2D eigenvalue weighted by Crippen LogP contribution is 2.63. The highest BCUT2D eigenvalue weighted by Gasteiger charge is 2.72. The van der Waals surface area contributed by atoms with Crippen LogP contribution in [0.5, 0.6) is 5.75 Å². The molecule has 10 rings (SSSR count). The van der Waals surface area contributed by atoms with Gasteiger partial charge in [-0.05, 0) is 108 Å². The van der Waals surface area contributed by atoms with Crippen molar-refractivity contribution in [3.8, 4) is 5.75 Å². The number of anilines is 2. The van der Waals surface area contributed by atoms with E-state index in [2.05, 4.69) is 26.6 Å². The third-order valence-corrected chi connectivity index (χ3v) is 14.4. The number of imide groups is 1. The minimum absolute atomic E-state index is 0.110. The van der Waals surface area contributed by atoms with E-state index in [9.17, 15) is 24.0 Å². The van der Waals surface area contributed by atoms with Gasteiger partial charge in [0.05, 0.1) is 36.5 Å². The summed E-state index contributed by atoms with van der Waals surface area (Å²) in [7, 11) is 0. The van der Waals surface area contributed by atoms with E-state index in [1.165, 1.54) is 6.07 Å². The first kappa shape index (κ1) is 44.5. The molecule has 5 aromatic carbocycles. The Morgan fingerprint density at radius 1 is 0.866 bits per heavy atom. The number of halogens is 3. The lowest BCUT2D eigenvalue weighted by atomic mass is 9.55. The predicted octanol–water partition coefficient (Wildman–Crippen LogP) is 8.66. The molecular formula is C51H46Cl2FN5O8. The van der Waals surface area contributed by atoms with Gasteiger partial charge < -0.3 is 29.8 Å². The van der Waals surface area contributed by atoms with Crippen molar-refractivity contribution in [1.29, 1.82) is 0 Å². The van der Waals surface area contributed by atoms with Crippen molar-refractivity contribution in [2.24, 2.45) is 0 Å². The second kappa shape index (κ2) is 18.1. The Morgan fingerprint density at radius 2 is 1.69 bits per heavy atom. The van der Waals surface area contributed by atoms with Crippen LogP contribution >= 0.6 is 23.2 Å². The Morgan fingerprint density at radius 3 is 2.49 bits per heavy atom. The lowest BCUT2D eigenvalue weighted by Gasteiger charge is -2.47. The van der Waals surface area contributed by atoms with E-state index in [4.69, 9.17) is 37.1 Å². The number of piperidine rings is 1. The molecule has 1 aromatic heterocycles. The number of carbonyl (C=O) groups excluding carboxylic acids is 5. The van der Waals surface area contributed by atoms with Crippen LogP contribution in [0.1, 0.15) is 83.8 Å². The predicted molar refractivity (Wildman–Crippen MR) is 251 cm³/mol. The molecule has 3 aliphatic heterocycles. The molecule has 16 heteroatoms. The Hall–Kier alpha value is -6.32. The van der Waals surface area contributed by atoms with Gasteiger partial charge in [-0.3, -0.25) is 34.6 Å². The van der Waals surface area contributed by atoms with Crippen LogP contribution < -0.4 is 31.3 Å². The number of amides is 5. The molecule has 6 aromatic rings. The average molecular weight is 947 g/mol. The molecule has 3 fully saturated rings. The topological polar surface area (TPSA) is 177 Å². The van der Waals surface area contributed by atoms with Crippen LogP contribution in [0, 0.1) is 5.82 Å². The number of furan rings is 1. The summed E-state index contributed by atoms with van der Waals surface area (Å²) in [6, 6.07) is 24.8. The van der Waals surface area contributed by atoms with Crippen molar-refractivity contribution >= 4 is 85.9 Å². The van der Waals surface area contributed by atoms with Crippen molar-refractivity contribution in [1.82, 2.24) is 16.0 Å². The number of rotatable bonds is 12. The molecule has 0 radical (unpaired) electrons. The number of carbonyl (C=O) groups is 5. The van der Waals surface area contributed by atoms with Crippen molar-refractivity contribution in [3.05, 3.63) is 135 Å². The van der Waals surface area contributed by atoms with Gasteiger partial charge in [0, 0.05) is 57.3 Å². The van der Waals surface area contributed by atoms with Gasteiger partial charge in [-0.25, -0.2) is 4.39 Å². The van der Waals surface area contributed by atoms with Gasteiger partial charge in [-0.15, -0.1) is 0 Å². The van der Waals surface area contributed by atoms with Gasteiger partial charge in [-0.1, -0.05) is 66.7 Å². The fraction of sp³-hybridized carbons (Fsp3) is 0.314. The van der Waals surface area contributed by atoms with E-state index >= 15 is 4.39 Å². The fourth-order valence-electron chi connectivity index (χ4n) is 11.0. The van der Waals surface area contributed by atoms with E-state index in [0.29, 0.717) is 58.1 Å². The Bertz CT molecular complexity index is 2970. The average Bonchev–Trinajstić information content (AvgIpc) is 3.97. The second-order valence-electron chi connectivity index (χ2n) is 17.6. The number of ether oxygens (including phenoxy) is 2. The maximum absolute atomic E-state index is 16.3. The maximum atomic E-state index is 16.3. The SMILES string of the molecule is O=C1CCC(c2coc3ccc4cc(OCCOCCNC(=O)c5ccc(NC(=O)[C@@H]6NC7(CCCCC7)[C@@]7(C(=O)Nc8cc(Cl)ccc87)C6c6cccc(Cl)c6F)cc5)ccc4c23)C(=O)N1. The van der Waals surface area contributed by atoms with Crippen LogP contribution in [0.25, 0.3) is 21.7 Å². The fourth-order valence-corrected chi connectivity index (χ4v) is 11.4. The smallest absolute Gasteiger partial charge is 0.251 e. The summed E-state index contributed by atoms with van der Waals surface area (Å²) in [6.07, 6.45) is 6.08. The van der Waals surface area contributed by atoms with Gasteiger partial charge in [-0.2, -0.15) is 0 Å². The molecular weight excluding hydrogens is 900 g/mol. The van der Waals surface area contributed by atoms with Crippen LogP contribution in [0.2, 0.25) is 10.0 Å². The van der Waals surface area contributed by atoms with Gasteiger partial charge in [0.2, 0.25) is 23.6 Å². The molecule has 5 N–H and O–H groups in total. The third kappa shape index (κ3) is 7.89. The Balaban J connectivity index is 0.754. The summed E-state index contributed by atoms with van der Waals surface area (Å²) >= 11 is 12.8. The molecule has 2 saturated heterocycles. The summed E-state index contributed by atoms with van der Waals surface area (Å²) in [5.41, 5.74) is 1.31. The second-order valence-corrected chi connectivity index (χ2v) is 18.5. The molecule has 0 bridgehead atoms. The lowest BCUT2D eigenvalue weighted by molar-refractivity contribution is -0.134. The maximum Gasteiger partial charge on any atom is 0.251 e. The van der Waals surface area contributed by atoms with Crippen LogP contribution in [-0.4, -0.2) is 67.5 Å². The molecule has 2 unspecified atom stereocenters. The van der Waals surface area contributed by atoms with Crippen LogP contribution in [0.15, 0.2) is 102 Å². The number of benzene rings is 5. The number of hydrogen-bond donors (Lipinski definition) is 5. The third-order valence-electron chi connectivity index (χ3n) is 13.9. The first-order chi connectivity index (χ1) is 32.5. The standard InChI is InChI=1S/C51H46Cl2FN5O8/c52-30-10-16-37-39(26-30)57-49(64)51(37)43(35-5-4-6-38(53)44(35)54)45(59-50(51)19-2-1-3-20-50)48(63)56-31-11-7-28(8-12-31)46(61)55-21-22-65-23-24-66-32-13-14-33-29(25-32)9-17-40-42(33)36(27-67-40)34-15-18-41(60)58-47(34)62/h4-14,16-17,25-27,34,43,45,59H,1-3,15,18-24H2,(H,55,61)(H,56,63)(H,57,64)(H,58,60,62)/t34?,43?,45-,51-/m1/s1. The molecule has 344 valence electrons. The normalized spacial score (nSPS) is 22.0. The molecule has 13 nitrogen and oxygen atoms in total. The summed E-state index contributed by atoms with van der Waals surface area (Å²) < 4.78 is 33.7. The summed E-state index contributed by atoms with van der Waals surface area (Å²) in [4.78, 5) is 66.6. The van der Waals surface area contributed by atoms with Gasteiger partial charge in [0.1, 0.15) is 29.2 Å². The highest BCUT2D eigenvalue weighted by atomic mass is 35.5. The minimum atomic E-state index is -1.36. The highest BCUT2D eigenvalue weighted by molar-refractivity contribution is 6.31. The van der Waals surface area contributed by atoms with Crippen molar-refractivity contribution in [2.75, 3.05) is 37.0 Å². The molecule has 67 heavy (non-hydrogen) atoms. The molecule has 4 atom stereocenters. The number of fused-ring (bicyclic) bond motifs is 6. The summed E-state index contributed by atoms with van der Waals surface area (Å²) in [6.45, 7) is 1.02. The molecule has 1 saturated carbocycles. The van der Waals surface area contributed by atoms with E-state index < -0.39 is 40.6 Å². The first-order valence-electron chi connectivity index (χ1n) is 22.5. The first-order valence-corrected chi connectivity index (χ1v) is 23.2. The zero-order chi connectivity index (χ0) is 46.5. The number of nitrogens with one attached hydrogen (secondary N) is 5. The van der Waals surface area contributed by atoms with Gasteiger partial charge >= 0.3 is 0 Å². The van der Waals surface area contributed by atoms with E-state index in [-0.39, 0.29) is 67.0 Å². The molecule has 1 aliphatic carbocycles. The summed E-state index contributed by atoms with van der Waals surface area (Å²) in [5, 5.41) is 17.9. The van der Waals surface area contributed by atoms with Crippen LogP contribution in [0.3, 0.4) is 0 Å². The van der Waals surface area contributed by atoms with Gasteiger partial charge in [0.25, 0.3) is 5.91 Å². The largest absolute Gasteiger partial charge is 0.491 e. The van der Waals surface area contributed by atoms with Crippen LogP contribution in [-0.2, 0) is 29.3 Å². The molecule has 2 spiro atoms. The zero-order valence-corrected chi connectivity index (χ0v) is 37.7. The van der Waals surface area contributed by atoms with E-state index in [0.717, 1.165) is 41.0 Å². The summed E-state index contributed by atoms with van der Waals surface area (Å²) in [5.74, 6) is -3.21. The van der Waals surface area contributed by atoms with E-state index in [1.54, 1.807) is 54.8 Å². The minimum Gasteiger partial charge on any atom is -0.491 e. The zero-order valence-electron chi connectivity index (χ0n) is 36.1. The molecule has 4 aliphatic rings. The van der Waals surface area contributed by atoms with Gasteiger partial charge in [0.15, 0.2) is 0 Å². The van der Waals surface area contributed by atoms with Crippen molar-refractivity contribution in [3.63, 3.8) is 0 Å². The Kier molecular flexibility index (Phi) is 12.0.